The van der Waals surface area contributed by atoms with E-state index in [2.05, 4.69) is 0 Å². The van der Waals surface area contributed by atoms with Crippen LogP contribution in [-0.4, -0.2) is 46.5 Å². The Balaban J connectivity index is 2.00. The van der Waals surface area contributed by atoms with E-state index in [1.165, 1.54) is 9.80 Å². The van der Waals surface area contributed by atoms with Gasteiger partial charge in [-0.1, -0.05) is 0 Å². The number of hydrogen-bond donors (Lipinski definition) is 1. The van der Waals surface area contributed by atoms with Gasteiger partial charge in [-0.25, -0.2) is 9.59 Å². The second-order valence-corrected chi connectivity index (χ2v) is 4.84. The molecule has 2 rings (SSSR count). The number of urea groups is 1. The van der Waals surface area contributed by atoms with Crippen molar-refractivity contribution >= 4 is 12.0 Å². The second-order valence-electron chi connectivity index (χ2n) is 4.84. The summed E-state index contributed by atoms with van der Waals surface area (Å²) in [5.41, 5.74) is 0. The van der Waals surface area contributed by atoms with Crippen LogP contribution in [0.5, 0.6) is 0 Å². The zero-order chi connectivity index (χ0) is 14.0. The molecule has 1 aliphatic rings. The van der Waals surface area contributed by atoms with Gasteiger partial charge in [-0.2, -0.15) is 0 Å². The number of rotatable bonds is 3. The minimum atomic E-state index is -0.937. The molecule has 2 amide bonds. The number of likely N-dealkylation sites (tertiary alicyclic amines) is 1. The molecule has 1 atom stereocenters. The summed E-state index contributed by atoms with van der Waals surface area (Å²) in [6.07, 6.45) is 1.26. The molecule has 2 heterocycles. The lowest BCUT2D eigenvalue weighted by molar-refractivity contribution is -0.141. The van der Waals surface area contributed by atoms with E-state index in [4.69, 9.17) is 9.52 Å². The van der Waals surface area contributed by atoms with Crippen molar-refractivity contribution in [2.24, 2.45) is 0 Å². The normalized spacial score (nSPS) is 18.6. The lowest BCUT2D eigenvalue weighted by Crippen LogP contribution is -2.46. The Kier molecular flexibility index (Phi) is 3.78. The average Bonchev–Trinajstić information content (AvgIpc) is 2.97. The van der Waals surface area contributed by atoms with E-state index in [1.54, 1.807) is 7.05 Å². The number of amides is 2. The monoisotopic (exact) mass is 266 g/mol. The highest BCUT2D eigenvalue weighted by Gasteiger charge is 2.35. The fraction of sp³-hybridized carbons (Fsp3) is 0.538. The van der Waals surface area contributed by atoms with Crippen molar-refractivity contribution in [1.29, 1.82) is 0 Å². The Morgan fingerprint density at radius 3 is 2.84 bits per heavy atom. The lowest BCUT2D eigenvalue weighted by atomic mass is 10.2. The van der Waals surface area contributed by atoms with Crippen molar-refractivity contribution in [1.82, 2.24) is 9.80 Å². The molecule has 1 saturated heterocycles. The van der Waals surface area contributed by atoms with Crippen LogP contribution in [0.15, 0.2) is 16.5 Å². The highest BCUT2D eigenvalue weighted by Crippen LogP contribution is 2.20. The van der Waals surface area contributed by atoms with Gasteiger partial charge in [0.15, 0.2) is 0 Å². The molecule has 1 fully saturated rings. The first-order valence-corrected chi connectivity index (χ1v) is 6.29. The third-order valence-electron chi connectivity index (χ3n) is 3.30. The van der Waals surface area contributed by atoms with Gasteiger partial charge in [0, 0.05) is 13.6 Å². The maximum atomic E-state index is 12.2. The van der Waals surface area contributed by atoms with Crippen molar-refractivity contribution in [3.8, 4) is 0 Å². The molecule has 1 aromatic heterocycles. The van der Waals surface area contributed by atoms with Crippen LogP contribution in [0, 0.1) is 6.92 Å². The quantitative estimate of drug-likeness (QED) is 0.903. The van der Waals surface area contributed by atoms with Crippen LogP contribution in [0.2, 0.25) is 0 Å². The number of carbonyl (C=O) groups excluding carboxylic acids is 1. The van der Waals surface area contributed by atoms with E-state index in [-0.39, 0.29) is 6.03 Å². The SMILES string of the molecule is Cc1ccc(CN(C)C(=O)N2CCC[C@H]2C(=O)O)o1. The summed E-state index contributed by atoms with van der Waals surface area (Å²) >= 11 is 0. The van der Waals surface area contributed by atoms with Crippen molar-refractivity contribution in [3.63, 3.8) is 0 Å². The van der Waals surface area contributed by atoms with E-state index in [9.17, 15) is 9.59 Å². The smallest absolute Gasteiger partial charge is 0.326 e. The predicted molar refractivity (Wildman–Crippen MR) is 67.7 cm³/mol. The number of hydrogen-bond acceptors (Lipinski definition) is 3. The fourth-order valence-electron chi connectivity index (χ4n) is 2.34. The number of carboxylic acids is 1. The summed E-state index contributed by atoms with van der Waals surface area (Å²) in [7, 11) is 1.65. The number of aliphatic carboxylic acids is 1. The molecular weight excluding hydrogens is 248 g/mol. The van der Waals surface area contributed by atoms with Crippen LogP contribution in [-0.2, 0) is 11.3 Å². The van der Waals surface area contributed by atoms with Crippen LogP contribution < -0.4 is 0 Å². The Bertz CT molecular complexity index is 483. The number of carbonyl (C=O) groups is 2. The topological polar surface area (TPSA) is 74.0 Å². The molecule has 1 N–H and O–H groups in total. The third kappa shape index (κ3) is 2.89. The molecule has 104 valence electrons. The molecule has 0 aliphatic carbocycles. The largest absolute Gasteiger partial charge is 0.480 e. The van der Waals surface area contributed by atoms with Gasteiger partial charge in [0.25, 0.3) is 0 Å². The second kappa shape index (κ2) is 5.34. The van der Waals surface area contributed by atoms with Crippen LogP contribution in [0.25, 0.3) is 0 Å². The van der Waals surface area contributed by atoms with Crippen molar-refractivity contribution in [2.75, 3.05) is 13.6 Å². The van der Waals surface area contributed by atoms with Crippen molar-refractivity contribution in [2.45, 2.75) is 32.4 Å². The van der Waals surface area contributed by atoms with Gasteiger partial charge in [-0.05, 0) is 31.9 Å². The molecule has 6 heteroatoms. The van der Waals surface area contributed by atoms with Crippen molar-refractivity contribution in [3.05, 3.63) is 23.7 Å². The molecule has 1 aromatic rings. The number of aryl methyl sites for hydroxylation is 1. The van der Waals surface area contributed by atoms with Crippen LogP contribution >= 0.6 is 0 Å². The molecule has 0 aromatic carbocycles. The van der Waals surface area contributed by atoms with E-state index in [0.717, 1.165) is 12.2 Å². The minimum absolute atomic E-state index is 0.265. The van der Waals surface area contributed by atoms with E-state index in [0.29, 0.717) is 25.3 Å². The highest BCUT2D eigenvalue weighted by molar-refractivity contribution is 5.83. The number of furan rings is 1. The standard InChI is InChI=1S/C13H18N2O4/c1-9-5-6-10(19-9)8-14(2)13(18)15-7-3-4-11(15)12(16)17/h5-6,11H,3-4,7-8H2,1-2H3,(H,16,17)/t11-/m0/s1. The van der Waals surface area contributed by atoms with Gasteiger partial charge in [0.2, 0.25) is 0 Å². The van der Waals surface area contributed by atoms with Crippen LogP contribution in [0.1, 0.15) is 24.4 Å². The molecule has 0 saturated carbocycles. The lowest BCUT2D eigenvalue weighted by Gasteiger charge is -2.27. The maximum Gasteiger partial charge on any atom is 0.326 e. The summed E-state index contributed by atoms with van der Waals surface area (Å²) in [5.74, 6) is 0.549. The van der Waals surface area contributed by atoms with Gasteiger partial charge in [-0.3, -0.25) is 0 Å². The molecule has 0 unspecified atom stereocenters. The third-order valence-corrected chi connectivity index (χ3v) is 3.30. The van der Waals surface area contributed by atoms with Crippen LogP contribution in [0.4, 0.5) is 4.79 Å². The molecule has 19 heavy (non-hydrogen) atoms. The molecule has 0 radical (unpaired) electrons. The van der Waals surface area contributed by atoms with E-state index >= 15 is 0 Å². The van der Waals surface area contributed by atoms with Gasteiger partial charge >= 0.3 is 12.0 Å². The molecule has 1 aliphatic heterocycles. The average molecular weight is 266 g/mol. The molecule has 0 spiro atoms. The summed E-state index contributed by atoms with van der Waals surface area (Å²) in [4.78, 5) is 26.2. The first-order valence-electron chi connectivity index (χ1n) is 6.29. The first-order chi connectivity index (χ1) is 8.99. The van der Waals surface area contributed by atoms with Gasteiger partial charge in [0.05, 0.1) is 6.54 Å². The minimum Gasteiger partial charge on any atom is -0.480 e. The molecular formula is C13H18N2O4. The first kappa shape index (κ1) is 13.5. The molecule has 0 bridgehead atoms. The number of carboxylic acid groups (broad SMARTS) is 1. The van der Waals surface area contributed by atoms with E-state index in [1.807, 2.05) is 19.1 Å². The van der Waals surface area contributed by atoms with Crippen LogP contribution in [0.3, 0.4) is 0 Å². The Morgan fingerprint density at radius 1 is 1.53 bits per heavy atom. The van der Waals surface area contributed by atoms with Gasteiger partial charge in [-0.15, -0.1) is 0 Å². The summed E-state index contributed by atoms with van der Waals surface area (Å²) in [5, 5.41) is 9.08. The van der Waals surface area contributed by atoms with E-state index < -0.39 is 12.0 Å². The Morgan fingerprint density at radius 2 is 2.26 bits per heavy atom. The number of nitrogens with zero attached hydrogens (tertiary/aromatic N) is 2. The fourth-order valence-corrected chi connectivity index (χ4v) is 2.34. The highest BCUT2D eigenvalue weighted by atomic mass is 16.4. The zero-order valence-corrected chi connectivity index (χ0v) is 11.1. The Labute approximate surface area is 111 Å². The van der Waals surface area contributed by atoms with Gasteiger partial charge < -0.3 is 19.3 Å². The summed E-state index contributed by atoms with van der Waals surface area (Å²) in [6, 6.07) is 2.69. The summed E-state index contributed by atoms with van der Waals surface area (Å²) < 4.78 is 5.41. The zero-order valence-electron chi connectivity index (χ0n) is 11.1. The predicted octanol–water partition coefficient (Wildman–Crippen LogP) is 1.69. The van der Waals surface area contributed by atoms with Crippen molar-refractivity contribution < 1.29 is 19.1 Å². The summed E-state index contributed by atoms with van der Waals surface area (Å²) in [6.45, 7) is 2.68. The maximum absolute atomic E-state index is 12.2. The molecule has 6 nitrogen and oxygen atoms in total. The van der Waals surface area contributed by atoms with Gasteiger partial charge in [0.1, 0.15) is 17.6 Å². The Hall–Kier alpha value is -1.98.